The van der Waals surface area contributed by atoms with Gasteiger partial charge in [0.2, 0.25) is 0 Å². The highest BCUT2D eigenvalue weighted by Crippen LogP contribution is 2.23. The molecule has 1 amide bonds. The number of hydrogen-bond acceptors (Lipinski definition) is 6. The molecule has 0 atom stereocenters. The molecule has 0 radical (unpaired) electrons. The van der Waals surface area contributed by atoms with Gasteiger partial charge in [0.05, 0.1) is 19.6 Å². The molecule has 0 unspecified atom stereocenters. The van der Waals surface area contributed by atoms with Crippen molar-refractivity contribution in [3.05, 3.63) is 30.4 Å². The molecule has 0 saturated heterocycles. The predicted octanol–water partition coefficient (Wildman–Crippen LogP) is 1.40. The van der Waals surface area contributed by atoms with Crippen LogP contribution >= 0.6 is 0 Å². The SMILES string of the molecule is COc1ncc(NC(=O)c2ccco2)c(N(C)C)n1. The van der Waals surface area contributed by atoms with Gasteiger partial charge in [-0.1, -0.05) is 0 Å². The van der Waals surface area contributed by atoms with Gasteiger partial charge >= 0.3 is 6.01 Å². The van der Waals surface area contributed by atoms with E-state index in [1.807, 2.05) is 14.1 Å². The van der Waals surface area contributed by atoms with Crippen molar-refractivity contribution in [2.45, 2.75) is 0 Å². The third kappa shape index (κ3) is 2.82. The minimum Gasteiger partial charge on any atom is -0.467 e. The topological polar surface area (TPSA) is 80.5 Å². The van der Waals surface area contributed by atoms with Crippen LogP contribution in [0.5, 0.6) is 6.01 Å². The second-order valence-corrected chi connectivity index (χ2v) is 3.92. The quantitative estimate of drug-likeness (QED) is 0.897. The molecule has 0 aliphatic rings. The van der Waals surface area contributed by atoms with Crippen molar-refractivity contribution in [3.63, 3.8) is 0 Å². The summed E-state index contributed by atoms with van der Waals surface area (Å²) in [6.45, 7) is 0. The number of amides is 1. The van der Waals surface area contributed by atoms with E-state index < -0.39 is 0 Å². The summed E-state index contributed by atoms with van der Waals surface area (Å²) in [5, 5.41) is 2.69. The smallest absolute Gasteiger partial charge is 0.318 e. The van der Waals surface area contributed by atoms with E-state index in [0.717, 1.165) is 0 Å². The molecule has 0 fully saturated rings. The Labute approximate surface area is 110 Å². The number of anilines is 2. The Morgan fingerprint density at radius 1 is 1.47 bits per heavy atom. The Morgan fingerprint density at radius 2 is 2.26 bits per heavy atom. The molecule has 0 aliphatic carbocycles. The van der Waals surface area contributed by atoms with Crippen LogP contribution in [-0.4, -0.2) is 37.1 Å². The van der Waals surface area contributed by atoms with Gasteiger partial charge in [0.15, 0.2) is 11.6 Å². The number of nitrogens with zero attached hydrogens (tertiary/aromatic N) is 3. The Bertz CT molecular complexity index is 566. The Kier molecular flexibility index (Phi) is 3.65. The molecule has 0 aromatic carbocycles. The zero-order chi connectivity index (χ0) is 13.8. The fraction of sp³-hybridized carbons (Fsp3) is 0.250. The van der Waals surface area contributed by atoms with Crippen LogP contribution in [-0.2, 0) is 0 Å². The summed E-state index contributed by atoms with van der Waals surface area (Å²) in [5.74, 6) is 0.411. The summed E-state index contributed by atoms with van der Waals surface area (Å²) in [5.41, 5.74) is 0.479. The van der Waals surface area contributed by atoms with Crippen LogP contribution in [0.3, 0.4) is 0 Å². The highest BCUT2D eigenvalue weighted by Gasteiger charge is 2.15. The van der Waals surface area contributed by atoms with Crippen LogP contribution in [0, 0.1) is 0 Å². The predicted molar refractivity (Wildman–Crippen MR) is 69.6 cm³/mol. The van der Waals surface area contributed by atoms with E-state index in [9.17, 15) is 4.79 Å². The van der Waals surface area contributed by atoms with Crippen molar-refractivity contribution in [3.8, 4) is 6.01 Å². The van der Waals surface area contributed by atoms with E-state index in [0.29, 0.717) is 11.5 Å². The van der Waals surface area contributed by atoms with E-state index >= 15 is 0 Å². The van der Waals surface area contributed by atoms with Crippen molar-refractivity contribution in [2.24, 2.45) is 0 Å². The van der Waals surface area contributed by atoms with Crippen LogP contribution in [0.2, 0.25) is 0 Å². The summed E-state index contributed by atoms with van der Waals surface area (Å²) >= 11 is 0. The van der Waals surface area contributed by atoms with Gasteiger partial charge in [0.1, 0.15) is 5.69 Å². The first-order valence-electron chi connectivity index (χ1n) is 5.55. The standard InChI is InChI=1S/C12H14N4O3/c1-16(2)10-8(7-13-12(15-10)18-3)14-11(17)9-5-4-6-19-9/h4-7H,1-3H3,(H,14,17). The number of carbonyl (C=O) groups excluding carboxylic acids is 1. The average molecular weight is 262 g/mol. The Morgan fingerprint density at radius 3 is 2.84 bits per heavy atom. The van der Waals surface area contributed by atoms with Gasteiger partial charge in [-0.2, -0.15) is 4.98 Å². The van der Waals surface area contributed by atoms with Crippen molar-refractivity contribution < 1.29 is 13.9 Å². The zero-order valence-corrected chi connectivity index (χ0v) is 10.9. The molecular weight excluding hydrogens is 248 g/mol. The van der Waals surface area contributed by atoms with Gasteiger partial charge in [-0.05, 0) is 12.1 Å². The molecule has 0 bridgehead atoms. The molecule has 2 heterocycles. The van der Waals surface area contributed by atoms with Crippen LogP contribution in [0.4, 0.5) is 11.5 Å². The zero-order valence-electron chi connectivity index (χ0n) is 10.9. The van der Waals surface area contributed by atoms with Crippen LogP contribution in [0.15, 0.2) is 29.0 Å². The van der Waals surface area contributed by atoms with Gasteiger partial charge in [-0.15, -0.1) is 0 Å². The first kappa shape index (κ1) is 12.9. The summed E-state index contributed by atoms with van der Waals surface area (Å²) in [7, 11) is 5.10. The maximum absolute atomic E-state index is 11.9. The second-order valence-electron chi connectivity index (χ2n) is 3.92. The molecule has 2 rings (SSSR count). The van der Waals surface area contributed by atoms with Gasteiger partial charge < -0.3 is 19.4 Å². The number of carbonyl (C=O) groups is 1. The average Bonchev–Trinajstić information content (AvgIpc) is 2.92. The van der Waals surface area contributed by atoms with Crippen molar-refractivity contribution in [1.82, 2.24) is 9.97 Å². The molecule has 2 aromatic rings. The van der Waals surface area contributed by atoms with Crippen LogP contribution < -0.4 is 15.0 Å². The lowest BCUT2D eigenvalue weighted by atomic mass is 10.4. The number of nitrogens with one attached hydrogen (secondary N) is 1. The third-order valence-corrected chi connectivity index (χ3v) is 2.35. The lowest BCUT2D eigenvalue weighted by Gasteiger charge is -2.16. The highest BCUT2D eigenvalue weighted by atomic mass is 16.5. The number of furan rings is 1. The van der Waals surface area contributed by atoms with Gasteiger partial charge in [-0.25, -0.2) is 4.98 Å². The molecular formula is C12H14N4O3. The molecule has 19 heavy (non-hydrogen) atoms. The maximum Gasteiger partial charge on any atom is 0.318 e. The summed E-state index contributed by atoms with van der Waals surface area (Å²) in [4.78, 5) is 21.8. The van der Waals surface area contributed by atoms with E-state index in [4.69, 9.17) is 9.15 Å². The number of ether oxygens (including phenoxy) is 1. The van der Waals surface area contributed by atoms with Crippen molar-refractivity contribution in [1.29, 1.82) is 0 Å². The molecule has 7 nitrogen and oxygen atoms in total. The maximum atomic E-state index is 11.9. The first-order valence-corrected chi connectivity index (χ1v) is 5.55. The Hall–Kier alpha value is -2.57. The largest absolute Gasteiger partial charge is 0.467 e. The van der Waals surface area contributed by atoms with E-state index in [-0.39, 0.29) is 17.7 Å². The third-order valence-electron chi connectivity index (χ3n) is 2.35. The lowest BCUT2D eigenvalue weighted by molar-refractivity contribution is 0.0996. The second kappa shape index (κ2) is 5.38. The number of hydrogen-bond donors (Lipinski definition) is 1. The number of methoxy groups -OCH3 is 1. The van der Waals surface area contributed by atoms with Crippen molar-refractivity contribution >= 4 is 17.4 Å². The van der Waals surface area contributed by atoms with Crippen molar-refractivity contribution in [2.75, 3.05) is 31.4 Å². The molecule has 0 aliphatic heterocycles. The summed E-state index contributed by atoms with van der Waals surface area (Å²) in [6.07, 6.45) is 2.92. The first-order chi connectivity index (χ1) is 9.11. The fourth-order valence-corrected chi connectivity index (χ4v) is 1.48. The molecule has 100 valence electrons. The van der Waals surface area contributed by atoms with Crippen LogP contribution in [0.25, 0.3) is 0 Å². The Balaban J connectivity index is 2.27. The monoisotopic (exact) mass is 262 g/mol. The number of rotatable bonds is 4. The lowest BCUT2D eigenvalue weighted by Crippen LogP contribution is -2.18. The highest BCUT2D eigenvalue weighted by molar-refractivity contribution is 6.03. The van der Waals surface area contributed by atoms with E-state index in [1.54, 1.807) is 17.0 Å². The van der Waals surface area contributed by atoms with Gasteiger partial charge in [0, 0.05) is 14.1 Å². The fourth-order valence-electron chi connectivity index (χ4n) is 1.48. The minimum atomic E-state index is -0.359. The molecule has 2 aromatic heterocycles. The van der Waals surface area contributed by atoms with E-state index in [1.165, 1.54) is 19.6 Å². The molecule has 1 N–H and O–H groups in total. The van der Waals surface area contributed by atoms with E-state index in [2.05, 4.69) is 15.3 Å². The molecule has 7 heteroatoms. The van der Waals surface area contributed by atoms with Gasteiger partial charge in [0.25, 0.3) is 5.91 Å². The summed E-state index contributed by atoms with van der Waals surface area (Å²) in [6, 6.07) is 3.46. The summed E-state index contributed by atoms with van der Waals surface area (Å²) < 4.78 is 9.98. The normalized spacial score (nSPS) is 10.1. The minimum absolute atomic E-state index is 0.223. The van der Waals surface area contributed by atoms with Crippen LogP contribution in [0.1, 0.15) is 10.6 Å². The van der Waals surface area contributed by atoms with Gasteiger partial charge in [-0.3, -0.25) is 4.79 Å². The number of aromatic nitrogens is 2. The molecule has 0 spiro atoms. The molecule has 0 saturated carbocycles.